The van der Waals surface area contributed by atoms with Crippen LogP contribution in [0.25, 0.3) is 0 Å². The molecule has 0 saturated heterocycles. The lowest BCUT2D eigenvalue weighted by Crippen LogP contribution is -2.48. The van der Waals surface area contributed by atoms with Crippen LogP contribution in [0.5, 0.6) is 0 Å². The molecule has 1 atom stereocenters. The highest BCUT2D eigenvalue weighted by Gasteiger charge is 2.35. The lowest BCUT2D eigenvalue weighted by molar-refractivity contribution is 0.374. The summed E-state index contributed by atoms with van der Waals surface area (Å²) < 4.78 is 0. The van der Waals surface area contributed by atoms with Gasteiger partial charge in [0.05, 0.1) is 11.6 Å². The molecule has 0 spiro atoms. The minimum Gasteiger partial charge on any atom is -0.366 e. The van der Waals surface area contributed by atoms with E-state index in [2.05, 4.69) is 50.8 Å². The quantitative estimate of drug-likeness (QED) is 0.799. The molecule has 2 heteroatoms. The van der Waals surface area contributed by atoms with E-state index in [1.807, 2.05) is 6.07 Å². The van der Waals surface area contributed by atoms with E-state index in [1.165, 1.54) is 24.1 Å². The molecule has 0 aromatic heterocycles. The largest absolute Gasteiger partial charge is 0.366 e. The Morgan fingerprint density at radius 2 is 2.16 bits per heavy atom. The highest BCUT2D eigenvalue weighted by molar-refractivity contribution is 5.61. The summed E-state index contributed by atoms with van der Waals surface area (Å²) >= 11 is 0. The Hall–Kier alpha value is -1.49. The first-order chi connectivity index (χ1) is 8.99. The van der Waals surface area contributed by atoms with E-state index in [-0.39, 0.29) is 5.54 Å². The number of benzene rings is 1. The average Bonchev–Trinajstić information content (AvgIpc) is 2.37. The Labute approximate surface area is 117 Å². The molecule has 0 fully saturated rings. The van der Waals surface area contributed by atoms with Crippen molar-refractivity contribution in [2.24, 2.45) is 0 Å². The van der Waals surface area contributed by atoms with Crippen LogP contribution in [0.3, 0.4) is 0 Å². The molecule has 102 valence electrons. The monoisotopic (exact) mass is 256 g/mol. The van der Waals surface area contributed by atoms with Crippen molar-refractivity contribution < 1.29 is 0 Å². The van der Waals surface area contributed by atoms with Gasteiger partial charge in [-0.25, -0.2) is 0 Å². The van der Waals surface area contributed by atoms with Crippen LogP contribution in [0.2, 0.25) is 0 Å². The molecule has 1 heterocycles. The first kappa shape index (κ1) is 13.9. The van der Waals surface area contributed by atoms with Gasteiger partial charge in [0.1, 0.15) is 0 Å². The van der Waals surface area contributed by atoms with Crippen molar-refractivity contribution in [3.8, 4) is 6.07 Å². The maximum atomic E-state index is 9.07. The van der Waals surface area contributed by atoms with Gasteiger partial charge in [-0.05, 0) is 56.4 Å². The molecule has 1 aliphatic heterocycles. The minimum absolute atomic E-state index is 0.204. The van der Waals surface area contributed by atoms with Crippen molar-refractivity contribution in [3.05, 3.63) is 29.3 Å². The first-order valence-electron chi connectivity index (χ1n) is 7.31. The third kappa shape index (κ3) is 2.61. The van der Waals surface area contributed by atoms with Gasteiger partial charge in [0.15, 0.2) is 0 Å². The first-order valence-corrected chi connectivity index (χ1v) is 7.31. The molecule has 0 bridgehead atoms. The van der Waals surface area contributed by atoms with Crippen LogP contribution in [0.4, 0.5) is 5.69 Å². The molecule has 0 unspecified atom stereocenters. The molecule has 0 radical (unpaired) electrons. The predicted octanol–water partition coefficient (Wildman–Crippen LogP) is 4.45. The van der Waals surface area contributed by atoms with Gasteiger partial charge in [0.2, 0.25) is 0 Å². The normalized spacial score (nSPS) is 20.8. The number of hydrogen-bond acceptors (Lipinski definition) is 2. The smallest absolute Gasteiger partial charge is 0.0991 e. The van der Waals surface area contributed by atoms with E-state index >= 15 is 0 Å². The van der Waals surface area contributed by atoms with E-state index in [4.69, 9.17) is 5.26 Å². The highest BCUT2D eigenvalue weighted by atomic mass is 15.2. The zero-order valence-corrected chi connectivity index (χ0v) is 12.5. The molecule has 1 aliphatic rings. The molecule has 19 heavy (non-hydrogen) atoms. The van der Waals surface area contributed by atoms with Crippen molar-refractivity contribution in [3.63, 3.8) is 0 Å². The van der Waals surface area contributed by atoms with Crippen molar-refractivity contribution in [2.75, 3.05) is 11.4 Å². The topological polar surface area (TPSA) is 27.0 Å². The van der Waals surface area contributed by atoms with Crippen LogP contribution in [0, 0.1) is 11.3 Å². The van der Waals surface area contributed by atoms with Gasteiger partial charge in [-0.1, -0.05) is 20.3 Å². The fourth-order valence-corrected chi connectivity index (χ4v) is 3.30. The van der Waals surface area contributed by atoms with E-state index in [0.29, 0.717) is 5.92 Å². The third-order valence-electron chi connectivity index (χ3n) is 4.25. The van der Waals surface area contributed by atoms with Crippen LogP contribution in [0.1, 0.15) is 64.0 Å². The van der Waals surface area contributed by atoms with Gasteiger partial charge in [0, 0.05) is 17.8 Å². The van der Waals surface area contributed by atoms with Gasteiger partial charge < -0.3 is 4.90 Å². The Bertz CT molecular complexity index is 496. The van der Waals surface area contributed by atoms with E-state index in [1.54, 1.807) is 0 Å². The highest BCUT2D eigenvalue weighted by Crippen LogP contribution is 2.43. The maximum absolute atomic E-state index is 9.07. The summed E-state index contributed by atoms with van der Waals surface area (Å²) in [7, 11) is 0. The molecule has 2 nitrogen and oxygen atoms in total. The molecule has 0 aliphatic carbocycles. The zero-order chi connectivity index (χ0) is 14.0. The van der Waals surface area contributed by atoms with E-state index in [0.717, 1.165) is 18.5 Å². The summed E-state index contributed by atoms with van der Waals surface area (Å²) in [6.45, 7) is 10.3. The molecule has 1 aromatic carbocycles. The molecule has 0 N–H and O–H groups in total. The van der Waals surface area contributed by atoms with Gasteiger partial charge in [-0.2, -0.15) is 5.26 Å². The van der Waals surface area contributed by atoms with Gasteiger partial charge >= 0.3 is 0 Å². The number of unbranched alkanes of at least 4 members (excludes halogenated alkanes) is 1. The predicted molar refractivity (Wildman–Crippen MR) is 80.5 cm³/mol. The SMILES string of the molecule is CCCCN1c2ccc(C#N)cc2[C@H](C)CC1(C)C. The van der Waals surface area contributed by atoms with Crippen LogP contribution in [0.15, 0.2) is 18.2 Å². The number of nitriles is 1. The van der Waals surface area contributed by atoms with E-state index in [9.17, 15) is 0 Å². The summed E-state index contributed by atoms with van der Waals surface area (Å²) in [6.07, 6.45) is 3.59. The van der Waals surface area contributed by atoms with Gasteiger partial charge in [-0.3, -0.25) is 0 Å². The summed E-state index contributed by atoms with van der Waals surface area (Å²) in [5.74, 6) is 0.524. The molecular formula is C17H24N2. The van der Waals surface area contributed by atoms with Crippen molar-refractivity contribution in [1.29, 1.82) is 5.26 Å². The number of hydrogen-bond donors (Lipinski definition) is 0. The van der Waals surface area contributed by atoms with Crippen molar-refractivity contribution in [1.82, 2.24) is 0 Å². The molecule has 2 rings (SSSR count). The van der Waals surface area contributed by atoms with Crippen molar-refractivity contribution >= 4 is 5.69 Å². The fraction of sp³-hybridized carbons (Fsp3) is 0.588. The number of fused-ring (bicyclic) bond motifs is 1. The Balaban J connectivity index is 2.44. The average molecular weight is 256 g/mol. The molecule has 0 amide bonds. The van der Waals surface area contributed by atoms with Crippen LogP contribution in [-0.4, -0.2) is 12.1 Å². The fourth-order valence-electron chi connectivity index (χ4n) is 3.30. The standard InChI is InChI=1S/C17H24N2/c1-5-6-9-19-16-8-7-14(12-18)10-15(16)13(2)11-17(19,3)4/h7-8,10,13H,5-6,9,11H2,1-4H3/t13-/m1/s1. The second-order valence-corrected chi connectivity index (χ2v) is 6.31. The maximum Gasteiger partial charge on any atom is 0.0991 e. The molecule has 0 saturated carbocycles. The molecular weight excluding hydrogens is 232 g/mol. The Morgan fingerprint density at radius 1 is 1.42 bits per heavy atom. The Kier molecular flexibility index (Phi) is 3.85. The number of anilines is 1. The summed E-state index contributed by atoms with van der Waals surface area (Å²) in [5, 5.41) is 9.07. The summed E-state index contributed by atoms with van der Waals surface area (Å²) in [5.41, 5.74) is 3.65. The third-order valence-corrected chi connectivity index (χ3v) is 4.25. The lowest BCUT2D eigenvalue weighted by atomic mass is 9.79. The second-order valence-electron chi connectivity index (χ2n) is 6.31. The van der Waals surface area contributed by atoms with Gasteiger partial charge in [0.25, 0.3) is 0 Å². The van der Waals surface area contributed by atoms with Crippen molar-refractivity contribution in [2.45, 2.75) is 58.4 Å². The zero-order valence-electron chi connectivity index (χ0n) is 12.5. The van der Waals surface area contributed by atoms with E-state index < -0.39 is 0 Å². The molecule has 1 aromatic rings. The second kappa shape index (κ2) is 5.25. The number of nitrogens with zero attached hydrogens (tertiary/aromatic N) is 2. The minimum atomic E-state index is 0.204. The Morgan fingerprint density at radius 3 is 2.79 bits per heavy atom. The lowest BCUT2D eigenvalue weighted by Gasteiger charge is -2.47. The number of rotatable bonds is 3. The summed E-state index contributed by atoms with van der Waals surface area (Å²) in [6, 6.07) is 8.43. The van der Waals surface area contributed by atoms with Crippen LogP contribution < -0.4 is 4.90 Å². The van der Waals surface area contributed by atoms with Gasteiger partial charge in [-0.15, -0.1) is 0 Å². The van der Waals surface area contributed by atoms with Crippen LogP contribution >= 0.6 is 0 Å². The summed E-state index contributed by atoms with van der Waals surface area (Å²) in [4.78, 5) is 2.53. The van der Waals surface area contributed by atoms with Crippen LogP contribution in [-0.2, 0) is 0 Å².